The predicted octanol–water partition coefficient (Wildman–Crippen LogP) is 8.11. The van der Waals surface area contributed by atoms with Gasteiger partial charge in [-0.2, -0.15) is 0 Å². The monoisotopic (exact) mass is 491 g/mol. The Morgan fingerprint density at radius 3 is 2.54 bits per heavy atom. The first-order valence-corrected chi connectivity index (χ1v) is 13.5. The summed E-state index contributed by atoms with van der Waals surface area (Å²) < 4.78 is 2.66. The van der Waals surface area contributed by atoms with Gasteiger partial charge in [0, 0.05) is 27.2 Å². The maximum atomic E-state index is 4.99. The molecule has 1 aliphatic carbocycles. The molecule has 0 aliphatic heterocycles. The number of amidine groups is 2. The van der Waals surface area contributed by atoms with Crippen LogP contribution in [0.4, 0.5) is 0 Å². The van der Waals surface area contributed by atoms with Crippen molar-refractivity contribution < 1.29 is 0 Å². The van der Waals surface area contributed by atoms with Gasteiger partial charge in [0.2, 0.25) is 0 Å². The Balaban J connectivity index is 1.38. The molecule has 0 amide bonds. The van der Waals surface area contributed by atoms with Crippen molar-refractivity contribution in [1.82, 2.24) is 5.32 Å². The Labute approximate surface area is 212 Å². The molecule has 0 saturated heterocycles. The van der Waals surface area contributed by atoms with Gasteiger partial charge in [-0.25, -0.2) is 0 Å². The van der Waals surface area contributed by atoms with Crippen molar-refractivity contribution in [3.05, 3.63) is 106 Å². The van der Waals surface area contributed by atoms with Crippen molar-refractivity contribution in [2.45, 2.75) is 19.4 Å². The first-order valence-electron chi connectivity index (χ1n) is 11.8. The van der Waals surface area contributed by atoms with Crippen LogP contribution in [0.1, 0.15) is 23.3 Å². The molecule has 5 aromatic rings. The van der Waals surface area contributed by atoms with Gasteiger partial charge in [0.05, 0.1) is 11.4 Å². The molecular weight excluding hydrogens is 466 g/mol. The molecule has 1 N–H and O–H groups in total. The van der Waals surface area contributed by atoms with Crippen LogP contribution in [0, 0.1) is 0 Å². The average Bonchev–Trinajstić information content (AvgIpc) is 3.57. The van der Waals surface area contributed by atoms with Crippen molar-refractivity contribution in [3.8, 4) is 0 Å². The topological polar surface area (TPSA) is 36.8 Å². The second kappa shape index (κ2) is 9.61. The fourth-order valence-corrected chi connectivity index (χ4v) is 6.67. The van der Waals surface area contributed by atoms with Crippen LogP contribution in [0.2, 0.25) is 0 Å². The van der Waals surface area contributed by atoms with Gasteiger partial charge >= 0.3 is 0 Å². The number of aliphatic imine (C=N–C) groups is 2. The van der Waals surface area contributed by atoms with Gasteiger partial charge < -0.3 is 5.32 Å². The number of nitrogens with one attached hydrogen (secondary N) is 1. The summed E-state index contributed by atoms with van der Waals surface area (Å²) in [5.74, 6) is 1.76. The smallest absolute Gasteiger partial charge is 0.143 e. The van der Waals surface area contributed by atoms with E-state index in [-0.39, 0.29) is 0 Å². The second-order valence-corrected chi connectivity index (χ2v) is 10.6. The van der Waals surface area contributed by atoms with E-state index in [1.54, 1.807) is 11.3 Å². The highest BCUT2D eigenvalue weighted by Crippen LogP contribution is 2.37. The van der Waals surface area contributed by atoms with E-state index in [9.17, 15) is 0 Å². The molecule has 5 heteroatoms. The van der Waals surface area contributed by atoms with Gasteiger partial charge in [-0.05, 0) is 52.3 Å². The molecule has 172 valence electrons. The summed E-state index contributed by atoms with van der Waals surface area (Å²) in [5.41, 5.74) is 2.41. The third kappa shape index (κ3) is 4.33. The Morgan fingerprint density at radius 2 is 1.74 bits per heavy atom. The summed E-state index contributed by atoms with van der Waals surface area (Å²) >= 11 is 3.61. The summed E-state index contributed by atoms with van der Waals surface area (Å²) in [6, 6.07) is 23.8. The van der Waals surface area contributed by atoms with Crippen LogP contribution < -0.4 is 5.32 Å². The SMILES string of the molecule is CN=C(NC(=NCc1ccccc1)C1=CC=CCC1)c1cc2ccc3c(ccc4ccsc43)c2s1. The van der Waals surface area contributed by atoms with Gasteiger partial charge in [-0.1, -0.05) is 72.8 Å². The van der Waals surface area contributed by atoms with Crippen molar-refractivity contribution in [1.29, 1.82) is 0 Å². The summed E-state index contributed by atoms with van der Waals surface area (Å²) in [4.78, 5) is 10.8. The van der Waals surface area contributed by atoms with E-state index in [2.05, 4.69) is 94.6 Å². The minimum Gasteiger partial charge on any atom is -0.324 e. The number of nitrogens with zero attached hydrogens (tertiary/aromatic N) is 2. The van der Waals surface area contributed by atoms with Gasteiger partial charge in [-0.15, -0.1) is 22.7 Å². The largest absolute Gasteiger partial charge is 0.324 e. The second-order valence-electron chi connectivity index (χ2n) is 8.60. The van der Waals surface area contributed by atoms with E-state index in [4.69, 9.17) is 4.99 Å². The average molecular weight is 492 g/mol. The lowest BCUT2D eigenvalue weighted by Gasteiger charge is -2.16. The number of fused-ring (bicyclic) bond motifs is 5. The predicted molar refractivity (Wildman–Crippen MR) is 154 cm³/mol. The van der Waals surface area contributed by atoms with Gasteiger partial charge in [0.1, 0.15) is 11.7 Å². The molecule has 6 rings (SSSR count). The highest BCUT2D eigenvalue weighted by atomic mass is 32.1. The molecule has 2 heterocycles. The Hall–Kier alpha value is -3.54. The quantitative estimate of drug-likeness (QED) is 0.200. The Kier molecular flexibility index (Phi) is 6.03. The minimum absolute atomic E-state index is 0.634. The van der Waals surface area contributed by atoms with Crippen LogP contribution >= 0.6 is 22.7 Å². The molecule has 0 radical (unpaired) electrons. The molecule has 0 saturated carbocycles. The highest BCUT2D eigenvalue weighted by molar-refractivity contribution is 7.22. The van der Waals surface area contributed by atoms with Crippen LogP contribution in [0.25, 0.3) is 30.9 Å². The fraction of sp³-hybridized carbons (Fsp3) is 0.133. The van der Waals surface area contributed by atoms with Gasteiger partial charge in [0.15, 0.2) is 0 Å². The summed E-state index contributed by atoms with van der Waals surface area (Å²) in [6.07, 6.45) is 8.50. The lowest BCUT2D eigenvalue weighted by Crippen LogP contribution is -2.32. The van der Waals surface area contributed by atoms with Crippen LogP contribution in [0.5, 0.6) is 0 Å². The normalized spacial score (nSPS) is 14.7. The van der Waals surface area contributed by atoms with Crippen LogP contribution in [0.15, 0.2) is 106 Å². The van der Waals surface area contributed by atoms with Crippen LogP contribution in [0.3, 0.4) is 0 Å². The molecule has 0 atom stereocenters. The zero-order chi connectivity index (χ0) is 23.6. The van der Waals surface area contributed by atoms with Crippen molar-refractivity contribution in [2.75, 3.05) is 7.05 Å². The van der Waals surface area contributed by atoms with Crippen molar-refractivity contribution >= 4 is 65.3 Å². The Morgan fingerprint density at radius 1 is 0.914 bits per heavy atom. The molecule has 1 aliphatic rings. The summed E-state index contributed by atoms with van der Waals surface area (Å²) in [7, 11) is 1.85. The number of hydrogen-bond donors (Lipinski definition) is 1. The third-order valence-corrected chi connectivity index (χ3v) is 8.52. The summed E-state index contributed by atoms with van der Waals surface area (Å²) in [5, 5.41) is 11.0. The van der Waals surface area contributed by atoms with Gasteiger partial charge in [0.25, 0.3) is 0 Å². The lowest BCUT2D eigenvalue weighted by atomic mass is 10.0. The first kappa shape index (κ1) is 22.0. The minimum atomic E-state index is 0.634. The Bertz CT molecular complexity index is 1650. The molecule has 0 fully saturated rings. The van der Waals surface area contributed by atoms with E-state index in [0.717, 1.165) is 29.4 Å². The number of rotatable bonds is 4. The fourth-order valence-electron chi connectivity index (χ4n) is 4.56. The van der Waals surface area contributed by atoms with E-state index < -0.39 is 0 Å². The number of thiophene rings is 2. The van der Waals surface area contributed by atoms with E-state index >= 15 is 0 Å². The zero-order valence-electron chi connectivity index (χ0n) is 19.5. The van der Waals surface area contributed by atoms with E-state index in [0.29, 0.717) is 6.54 Å². The third-order valence-electron chi connectivity index (χ3n) is 6.37. The maximum Gasteiger partial charge on any atom is 0.143 e. The van der Waals surface area contributed by atoms with Gasteiger partial charge in [-0.3, -0.25) is 9.98 Å². The zero-order valence-corrected chi connectivity index (χ0v) is 21.1. The molecule has 3 aromatic carbocycles. The van der Waals surface area contributed by atoms with Crippen molar-refractivity contribution in [2.24, 2.45) is 9.98 Å². The molecule has 3 nitrogen and oxygen atoms in total. The number of benzene rings is 3. The number of hydrogen-bond acceptors (Lipinski definition) is 4. The van der Waals surface area contributed by atoms with E-state index in [1.807, 2.05) is 24.5 Å². The molecule has 35 heavy (non-hydrogen) atoms. The molecular formula is C30H25N3S2. The maximum absolute atomic E-state index is 4.99. The lowest BCUT2D eigenvalue weighted by molar-refractivity contribution is 0.973. The highest BCUT2D eigenvalue weighted by Gasteiger charge is 2.16. The molecule has 0 unspecified atom stereocenters. The van der Waals surface area contributed by atoms with Crippen LogP contribution in [-0.2, 0) is 6.54 Å². The van der Waals surface area contributed by atoms with E-state index in [1.165, 1.54) is 42.1 Å². The van der Waals surface area contributed by atoms with Crippen LogP contribution in [-0.4, -0.2) is 18.7 Å². The number of allylic oxidation sites excluding steroid dienone is 3. The first-order chi connectivity index (χ1) is 17.3. The molecule has 2 aromatic heterocycles. The molecule has 0 spiro atoms. The van der Waals surface area contributed by atoms with Crippen molar-refractivity contribution in [3.63, 3.8) is 0 Å². The summed E-state index contributed by atoms with van der Waals surface area (Å²) in [6.45, 7) is 0.634. The molecule has 0 bridgehead atoms. The standard InChI is InChI=1S/C30H25N3S2/c1-31-30(33-29(22-10-6-3-7-11-22)32-19-20-8-4-2-5-9-20)26-18-23-13-15-24-25(28(23)35-26)14-12-21-16-17-34-27(21)24/h2-6,8-10,12-18H,7,11,19H2,1H3,(H,31,32,33).